The van der Waals surface area contributed by atoms with Gasteiger partial charge in [-0.1, -0.05) is 0 Å². The molecule has 0 bridgehead atoms. The molecule has 1 aromatic heterocycles. The zero-order chi connectivity index (χ0) is 15.4. The van der Waals surface area contributed by atoms with Crippen molar-refractivity contribution < 1.29 is 14.3 Å². The number of thiazole rings is 1. The first-order valence-corrected chi connectivity index (χ1v) is 8.11. The van der Waals surface area contributed by atoms with E-state index in [1.165, 1.54) is 11.3 Å². The summed E-state index contributed by atoms with van der Waals surface area (Å²) in [6.07, 6.45) is 0. The van der Waals surface area contributed by atoms with Crippen LogP contribution in [0.4, 0.5) is 5.69 Å². The second kappa shape index (κ2) is 6.89. The maximum atomic E-state index is 12.0. The van der Waals surface area contributed by atoms with Crippen molar-refractivity contribution in [1.29, 1.82) is 0 Å². The lowest BCUT2D eigenvalue weighted by atomic mass is 10.2. The maximum absolute atomic E-state index is 12.0. The molecule has 6 heteroatoms. The highest BCUT2D eigenvalue weighted by Gasteiger charge is 2.13. The second-order valence-corrected chi connectivity index (χ2v) is 6.05. The Morgan fingerprint density at radius 1 is 1.32 bits per heavy atom. The van der Waals surface area contributed by atoms with Crippen LogP contribution in [0.5, 0.6) is 0 Å². The van der Waals surface area contributed by atoms with Crippen molar-refractivity contribution in [3.05, 3.63) is 45.9 Å². The van der Waals surface area contributed by atoms with Crippen LogP contribution in [0.2, 0.25) is 0 Å². The lowest BCUT2D eigenvalue weighted by molar-refractivity contribution is 0.0472. The molecule has 1 aliphatic rings. The quantitative estimate of drug-likeness (QED) is 0.811. The van der Waals surface area contributed by atoms with Gasteiger partial charge in [-0.05, 0) is 31.2 Å². The summed E-state index contributed by atoms with van der Waals surface area (Å²) in [5, 5.41) is 2.76. The van der Waals surface area contributed by atoms with Crippen molar-refractivity contribution in [2.45, 2.75) is 13.5 Å². The summed E-state index contributed by atoms with van der Waals surface area (Å²) >= 11 is 1.50. The number of carbonyl (C=O) groups excluding carboxylic acids is 1. The summed E-state index contributed by atoms with van der Waals surface area (Å²) in [4.78, 5) is 18.6. The molecule has 0 radical (unpaired) electrons. The van der Waals surface area contributed by atoms with Gasteiger partial charge < -0.3 is 14.4 Å². The molecule has 1 aliphatic heterocycles. The molecular weight excluding hydrogens is 300 g/mol. The first kappa shape index (κ1) is 15.0. The van der Waals surface area contributed by atoms with E-state index in [1.807, 2.05) is 24.4 Å². The van der Waals surface area contributed by atoms with Gasteiger partial charge in [0.15, 0.2) is 0 Å². The van der Waals surface area contributed by atoms with E-state index in [0.717, 1.165) is 42.7 Å². The van der Waals surface area contributed by atoms with E-state index >= 15 is 0 Å². The lowest BCUT2D eigenvalue weighted by Gasteiger charge is -2.28. The highest BCUT2D eigenvalue weighted by Crippen LogP contribution is 2.18. The summed E-state index contributed by atoms with van der Waals surface area (Å²) in [5.74, 6) is -0.318. The number of anilines is 1. The number of nitrogens with zero attached hydrogens (tertiary/aromatic N) is 2. The van der Waals surface area contributed by atoms with Gasteiger partial charge in [-0.3, -0.25) is 0 Å². The van der Waals surface area contributed by atoms with Gasteiger partial charge in [-0.2, -0.15) is 0 Å². The first-order chi connectivity index (χ1) is 10.7. The highest BCUT2D eigenvalue weighted by atomic mass is 32.1. The van der Waals surface area contributed by atoms with Crippen LogP contribution in [-0.4, -0.2) is 37.3 Å². The Balaban J connectivity index is 1.58. The van der Waals surface area contributed by atoms with Crippen LogP contribution >= 0.6 is 11.3 Å². The molecule has 1 aromatic carbocycles. The smallest absolute Gasteiger partial charge is 0.338 e. The molecular formula is C16H18N2O3S. The van der Waals surface area contributed by atoms with Gasteiger partial charge in [0, 0.05) is 29.9 Å². The molecule has 0 N–H and O–H groups in total. The molecule has 0 spiro atoms. The Morgan fingerprint density at radius 3 is 2.68 bits per heavy atom. The Hall–Kier alpha value is -1.92. The molecule has 5 nitrogen and oxygen atoms in total. The van der Waals surface area contributed by atoms with Crippen LogP contribution in [0, 0.1) is 6.92 Å². The number of aryl methyl sites for hydroxylation is 1. The zero-order valence-electron chi connectivity index (χ0n) is 12.4. The number of benzene rings is 1. The molecule has 22 heavy (non-hydrogen) atoms. The van der Waals surface area contributed by atoms with Crippen LogP contribution in [0.3, 0.4) is 0 Å². The predicted octanol–water partition coefficient (Wildman–Crippen LogP) is 2.65. The Kier molecular flexibility index (Phi) is 4.70. The fourth-order valence-electron chi connectivity index (χ4n) is 2.31. The molecule has 0 amide bonds. The molecule has 0 unspecified atom stereocenters. The first-order valence-electron chi connectivity index (χ1n) is 7.23. The topological polar surface area (TPSA) is 51.7 Å². The van der Waals surface area contributed by atoms with Gasteiger partial charge in [-0.25, -0.2) is 9.78 Å². The van der Waals surface area contributed by atoms with Gasteiger partial charge in [0.05, 0.1) is 18.8 Å². The van der Waals surface area contributed by atoms with E-state index in [0.29, 0.717) is 5.56 Å². The van der Waals surface area contributed by atoms with Crippen LogP contribution in [0.1, 0.15) is 21.1 Å². The minimum atomic E-state index is -0.318. The normalized spacial score (nSPS) is 14.9. The van der Waals surface area contributed by atoms with Crippen molar-refractivity contribution in [3.63, 3.8) is 0 Å². The minimum absolute atomic E-state index is 0.225. The van der Waals surface area contributed by atoms with Crippen LogP contribution in [0.25, 0.3) is 0 Å². The zero-order valence-corrected chi connectivity index (χ0v) is 13.3. The summed E-state index contributed by atoms with van der Waals surface area (Å²) in [7, 11) is 0. The van der Waals surface area contributed by atoms with Gasteiger partial charge in [0.2, 0.25) is 0 Å². The number of hydrogen-bond acceptors (Lipinski definition) is 6. The summed E-state index contributed by atoms with van der Waals surface area (Å²) in [6.45, 7) is 5.41. The van der Waals surface area contributed by atoms with E-state index < -0.39 is 0 Å². The molecule has 116 valence electrons. The van der Waals surface area contributed by atoms with E-state index in [2.05, 4.69) is 9.88 Å². The third-order valence-electron chi connectivity index (χ3n) is 3.47. The molecule has 0 aliphatic carbocycles. The van der Waals surface area contributed by atoms with Crippen LogP contribution in [-0.2, 0) is 16.1 Å². The Bertz CT molecular complexity index is 633. The van der Waals surface area contributed by atoms with Crippen molar-refractivity contribution >= 4 is 23.0 Å². The fourth-order valence-corrected chi connectivity index (χ4v) is 2.99. The van der Waals surface area contributed by atoms with Crippen molar-refractivity contribution in [2.75, 3.05) is 31.2 Å². The maximum Gasteiger partial charge on any atom is 0.338 e. The van der Waals surface area contributed by atoms with Crippen LogP contribution in [0.15, 0.2) is 29.6 Å². The second-order valence-electron chi connectivity index (χ2n) is 5.11. The number of aromatic nitrogens is 1. The molecule has 3 rings (SSSR count). The van der Waals surface area contributed by atoms with E-state index in [1.54, 1.807) is 12.1 Å². The number of esters is 1. The SMILES string of the molecule is Cc1csc(COC(=O)c2ccc(N3CCOCC3)cc2)n1. The molecule has 2 heterocycles. The van der Waals surface area contributed by atoms with Crippen molar-refractivity contribution in [3.8, 4) is 0 Å². The number of rotatable bonds is 4. The van der Waals surface area contributed by atoms with Crippen molar-refractivity contribution in [2.24, 2.45) is 0 Å². The van der Waals surface area contributed by atoms with Crippen LogP contribution < -0.4 is 4.90 Å². The lowest BCUT2D eigenvalue weighted by Crippen LogP contribution is -2.36. The molecule has 1 fully saturated rings. The predicted molar refractivity (Wildman–Crippen MR) is 85.4 cm³/mol. The monoisotopic (exact) mass is 318 g/mol. The Morgan fingerprint density at radius 2 is 2.05 bits per heavy atom. The highest BCUT2D eigenvalue weighted by molar-refractivity contribution is 7.09. The standard InChI is InChI=1S/C16H18N2O3S/c1-12-11-22-15(17-12)10-21-16(19)13-2-4-14(5-3-13)18-6-8-20-9-7-18/h2-5,11H,6-10H2,1H3. The van der Waals surface area contributed by atoms with E-state index in [-0.39, 0.29) is 12.6 Å². The number of ether oxygens (including phenoxy) is 2. The van der Waals surface area contributed by atoms with Gasteiger partial charge in [0.25, 0.3) is 0 Å². The number of morpholine rings is 1. The summed E-state index contributed by atoms with van der Waals surface area (Å²) < 4.78 is 10.6. The molecule has 1 saturated heterocycles. The van der Waals surface area contributed by atoms with E-state index in [4.69, 9.17) is 9.47 Å². The third-order valence-corrected chi connectivity index (χ3v) is 4.41. The van der Waals surface area contributed by atoms with Gasteiger partial charge in [0.1, 0.15) is 11.6 Å². The average Bonchev–Trinajstić information content (AvgIpc) is 2.99. The summed E-state index contributed by atoms with van der Waals surface area (Å²) in [6, 6.07) is 7.52. The number of carbonyl (C=O) groups is 1. The largest absolute Gasteiger partial charge is 0.455 e. The van der Waals surface area contributed by atoms with Gasteiger partial charge in [-0.15, -0.1) is 11.3 Å². The van der Waals surface area contributed by atoms with Gasteiger partial charge >= 0.3 is 5.97 Å². The fraction of sp³-hybridized carbons (Fsp3) is 0.375. The number of hydrogen-bond donors (Lipinski definition) is 0. The molecule has 2 aromatic rings. The average molecular weight is 318 g/mol. The molecule has 0 atom stereocenters. The molecule has 0 saturated carbocycles. The van der Waals surface area contributed by atoms with Crippen molar-refractivity contribution in [1.82, 2.24) is 4.98 Å². The van der Waals surface area contributed by atoms with E-state index in [9.17, 15) is 4.79 Å². The minimum Gasteiger partial charge on any atom is -0.455 e. The third kappa shape index (κ3) is 3.64. The summed E-state index contributed by atoms with van der Waals surface area (Å²) in [5.41, 5.74) is 2.62. The Labute approximate surface area is 133 Å².